The molecule has 0 radical (unpaired) electrons. The van der Waals surface area contributed by atoms with Gasteiger partial charge in [-0.1, -0.05) is 36.4 Å². The summed E-state index contributed by atoms with van der Waals surface area (Å²) in [5.41, 5.74) is -0.319. The van der Waals surface area contributed by atoms with Crippen LogP contribution in [0.15, 0.2) is 52.1 Å². The van der Waals surface area contributed by atoms with E-state index in [1.54, 1.807) is 6.07 Å². The molecule has 3 rings (SSSR count). The Hall–Kier alpha value is -2.56. The van der Waals surface area contributed by atoms with Crippen molar-refractivity contribution in [3.05, 3.63) is 63.4 Å². The largest absolute Gasteiger partial charge is 0.349 e. The summed E-state index contributed by atoms with van der Waals surface area (Å²) in [5, 5.41) is 4.37. The van der Waals surface area contributed by atoms with Gasteiger partial charge in [-0.05, 0) is 11.5 Å². The summed E-state index contributed by atoms with van der Waals surface area (Å²) >= 11 is 0. The number of nitrogens with one attached hydrogen (secondary N) is 2. The van der Waals surface area contributed by atoms with Gasteiger partial charge in [0.2, 0.25) is 0 Å². The van der Waals surface area contributed by atoms with Crippen LogP contribution in [0.4, 0.5) is 0 Å². The fourth-order valence-corrected chi connectivity index (χ4v) is 1.91. The van der Waals surface area contributed by atoms with Gasteiger partial charge in [0.05, 0.1) is 5.69 Å². The Balaban J connectivity index is 2.42. The molecule has 0 amide bonds. The number of benzene rings is 2. The van der Waals surface area contributed by atoms with E-state index < -0.39 is 11.4 Å². The van der Waals surface area contributed by atoms with E-state index in [1.807, 2.05) is 36.4 Å². The third kappa shape index (κ3) is 1.48. The van der Waals surface area contributed by atoms with Gasteiger partial charge in [-0.15, -0.1) is 0 Å². The normalized spacial score (nSPS) is 10.8. The van der Waals surface area contributed by atoms with E-state index in [2.05, 4.69) is 10.1 Å². The Bertz CT molecular complexity index is 790. The summed E-state index contributed by atoms with van der Waals surface area (Å²) in [6.07, 6.45) is 0. The second-order valence-corrected chi connectivity index (χ2v) is 3.70. The van der Waals surface area contributed by atoms with Crippen molar-refractivity contribution in [1.29, 1.82) is 0 Å². The molecule has 0 spiro atoms. The number of aromatic nitrogens is 3. The average Bonchev–Trinajstić information content (AvgIpc) is 2.68. The molecule has 0 aliphatic rings. The molecular weight excluding hydrogens is 218 g/mol. The Morgan fingerprint density at radius 3 is 2.47 bits per heavy atom. The number of aromatic amines is 2. The van der Waals surface area contributed by atoms with Crippen LogP contribution in [-0.2, 0) is 0 Å². The van der Waals surface area contributed by atoms with Crippen LogP contribution in [-0.4, -0.2) is 14.8 Å². The van der Waals surface area contributed by atoms with E-state index in [0.717, 1.165) is 10.8 Å². The lowest BCUT2D eigenvalue weighted by atomic mass is 10.1. The highest BCUT2D eigenvalue weighted by Gasteiger charge is 2.06. The van der Waals surface area contributed by atoms with E-state index in [1.165, 1.54) is 4.68 Å². The summed E-state index contributed by atoms with van der Waals surface area (Å²) in [6.45, 7) is 0. The monoisotopic (exact) mass is 227 g/mol. The van der Waals surface area contributed by atoms with Crippen LogP contribution in [0.5, 0.6) is 0 Å². The summed E-state index contributed by atoms with van der Waals surface area (Å²) in [7, 11) is 0. The topological polar surface area (TPSA) is 70.7 Å². The van der Waals surface area contributed by atoms with E-state index >= 15 is 0 Å². The molecule has 84 valence electrons. The van der Waals surface area contributed by atoms with Gasteiger partial charge in [-0.2, -0.15) is 0 Å². The molecule has 0 saturated carbocycles. The zero-order valence-electron chi connectivity index (χ0n) is 8.81. The summed E-state index contributed by atoms with van der Waals surface area (Å²) in [4.78, 5) is 24.8. The molecule has 0 bridgehead atoms. The van der Waals surface area contributed by atoms with Crippen LogP contribution in [0.1, 0.15) is 0 Å². The number of fused-ring (bicyclic) bond motifs is 1. The van der Waals surface area contributed by atoms with Crippen molar-refractivity contribution in [2.45, 2.75) is 0 Å². The fourth-order valence-electron chi connectivity index (χ4n) is 1.91. The molecule has 0 unspecified atom stereocenters. The maximum atomic E-state index is 11.6. The van der Waals surface area contributed by atoms with Gasteiger partial charge in [0.1, 0.15) is 0 Å². The maximum absolute atomic E-state index is 11.6. The van der Waals surface area contributed by atoms with Crippen LogP contribution in [0, 0.1) is 0 Å². The minimum Gasteiger partial charge on any atom is -0.256 e. The predicted molar refractivity (Wildman–Crippen MR) is 64.5 cm³/mol. The first kappa shape index (κ1) is 9.65. The lowest BCUT2D eigenvalue weighted by Crippen LogP contribution is -2.16. The van der Waals surface area contributed by atoms with Crippen molar-refractivity contribution < 1.29 is 0 Å². The zero-order chi connectivity index (χ0) is 11.8. The molecule has 5 heteroatoms. The minimum atomic E-state index is -0.511. The molecule has 1 aromatic heterocycles. The first-order valence-electron chi connectivity index (χ1n) is 5.15. The van der Waals surface area contributed by atoms with Crippen molar-refractivity contribution in [2.75, 3.05) is 0 Å². The van der Waals surface area contributed by atoms with Gasteiger partial charge in [0.25, 0.3) is 0 Å². The van der Waals surface area contributed by atoms with Gasteiger partial charge in [-0.25, -0.2) is 19.4 Å². The molecule has 3 aromatic rings. The van der Waals surface area contributed by atoms with Gasteiger partial charge in [0, 0.05) is 5.39 Å². The quantitative estimate of drug-likeness (QED) is 0.651. The van der Waals surface area contributed by atoms with Crippen molar-refractivity contribution >= 4 is 10.8 Å². The van der Waals surface area contributed by atoms with Gasteiger partial charge in [0.15, 0.2) is 0 Å². The van der Waals surface area contributed by atoms with E-state index in [4.69, 9.17) is 0 Å². The number of rotatable bonds is 1. The van der Waals surface area contributed by atoms with Crippen molar-refractivity contribution in [1.82, 2.24) is 14.8 Å². The SMILES string of the molecule is O=c1[nH]c(=O)n(-c2cccc3ccccc23)[nH]1. The van der Waals surface area contributed by atoms with E-state index in [-0.39, 0.29) is 0 Å². The standard InChI is InChI=1S/C12H9N3O2/c16-11-13-12(17)15(14-11)10-7-3-5-8-4-1-2-6-9(8)10/h1-7H,(H2,13,14,16,17). The molecule has 2 N–H and O–H groups in total. The van der Waals surface area contributed by atoms with Crippen molar-refractivity contribution in [3.8, 4) is 5.69 Å². The number of H-pyrrole nitrogens is 2. The molecule has 0 saturated heterocycles. The minimum absolute atomic E-state index is 0.466. The average molecular weight is 227 g/mol. The first-order chi connectivity index (χ1) is 8.25. The predicted octanol–water partition coefficient (Wildman–Crippen LogP) is 1.01. The molecule has 2 aromatic carbocycles. The van der Waals surface area contributed by atoms with Crippen LogP contribution in [0.2, 0.25) is 0 Å². The second-order valence-electron chi connectivity index (χ2n) is 3.70. The molecule has 0 aliphatic heterocycles. The summed E-state index contributed by atoms with van der Waals surface area (Å²) in [5.74, 6) is 0. The molecule has 0 fully saturated rings. The van der Waals surface area contributed by atoms with Gasteiger partial charge >= 0.3 is 11.4 Å². The first-order valence-corrected chi connectivity index (χ1v) is 5.15. The Morgan fingerprint density at radius 1 is 0.941 bits per heavy atom. The van der Waals surface area contributed by atoms with Crippen molar-refractivity contribution in [3.63, 3.8) is 0 Å². The lowest BCUT2D eigenvalue weighted by molar-refractivity contribution is 0.840. The summed E-state index contributed by atoms with van der Waals surface area (Å²) in [6, 6.07) is 13.3. The van der Waals surface area contributed by atoms with Gasteiger partial charge < -0.3 is 0 Å². The van der Waals surface area contributed by atoms with Gasteiger partial charge in [-0.3, -0.25) is 4.98 Å². The highest BCUT2D eigenvalue weighted by Crippen LogP contribution is 2.19. The maximum Gasteiger partial charge on any atom is 0.349 e. The third-order valence-corrected chi connectivity index (χ3v) is 2.64. The molecule has 1 heterocycles. The number of nitrogens with zero attached hydrogens (tertiary/aromatic N) is 1. The Kier molecular flexibility index (Phi) is 1.98. The molecular formula is C12H9N3O2. The van der Waals surface area contributed by atoms with Crippen LogP contribution >= 0.6 is 0 Å². The van der Waals surface area contributed by atoms with Crippen LogP contribution in [0.3, 0.4) is 0 Å². The third-order valence-electron chi connectivity index (χ3n) is 2.64. The lowest BCUT2D eigenvalue weighted by Gasteiger charge is -2.05. The molecule has 0 atom stereocenters. The molecule has 0 aliphatic carbocycles. The molecule has 5 nitrogen and oxygen atoms in total. The van der Waals surface area contributed by atoms with E-state index in [0.29, 0.717) is 5.69 Å². The fraction of sp³-hybridized carbons (Fsp3) is 0. The van der Waals surface area contributed by atoms with Crippen LogP contribution < -0.4 is 11.4 Å². The Labute approximate surface area is 95.3 Å². The Morgan fingerprint density at radius 2 is 1.71 bits per heavy atom. The smallest absolute Gasteiger partial charge is 0.256 e. The summed E-state index contributed by atoms with van der Waals surface area (Å²) < 4.78 is 1.21. The highest BCUT2D eigenvalue weighted by molar-refractivity contribution is 5.89. The van der Waals surface area contributed by atoms with E-state index in [9.17, 15) is 9.59 Å². The van der Waals surface area contributed by atoms with Crippen molar-refractivity contribution in [2.24, 2.45) is 0 Å². The number of hydrogen-bond acceptors (Lipinski definition) is 2. The second kappa shape index (κ2) is 3.48. The highest BCUT2D eigenvalue weighted by atomic mass is 16.2. The number of hydrogen-bond donors (Lipinski definition) is 2. The molecule has 17 heavy (non-hydrogen) atoms. The zero-order valence-corrected chi connectivity index (χ0v) is 8.81. The van der Waals surface area contributed by atoms with Crippen LogP contribution in [0.25, 0.3) is 16.5 Å².